The molecular weight excluding hydrogens is 260 g/mol. The summed E-state index contributed by atoms with van der Waals surface area (Å²) in [5, 5.41) is 0. The average Bonchev–Trinajstić information content (AvgIpc) is 2.49. The van der Waals surface area contributed by atoms with Crippen molar-refractivity contribution in [2.75, 3.05) is 0 Å². The lowest BCUT2D eigenvalue weighted by Gasteiger charge is -2.23. The highest BCUT2D eigenvalue weighted by molar-refractivity contribution is 5.79. The van der Waals surface area contributed by atoms with Crippen LogP contribution in [-0.2, 0) is 5.41 Å². The maximum atomic E-state index is 11.1. The number of rotatable bonds is 5. The smallest absolute Gasteiger partial charge is 0.153 e. The maximum absolute atomic E-state index is 11.1. The molecule has 2 aromatic carbocycles. The molecule has 0 saturated carbocycles. The van der Waals surface area contributed by atoms with Crippen molar-refractivity contribution in [3.8, 4) is 11.5 Å². The summed E-state index contributed by atoms with van der Waals surface area (Å²) in [6.07, 6.45) is 1.91. The summed E-state index contributed by atoms with van der Waals surface area (Å²) in [6, 6.07) is 13.7. The van der Waals surface area contributed by atoms with Crippen LogP contribution in [0.5, 0.6) is 11.5 Å². The van der Waals surface area contributed by atoms with Gasteiger partial charge in [-0.25, -0.2) is 0 Å². The second-order valence-corrected chi connectivity index (χ2v) is 6.02. The van der Waals surface area contributed by atoms with Crippen molar-refractivity contribution in [1.29, 1.82) is 0 Å². The number of aldehydes is 1. The van der Waals surface area contributed by atoms with E-state index in [0.717, 1.165) is 24.0 Å². The summed E-state index contributed by atoms with van der Waals surface area (Å²) in [4.78, 5) is 11.1. The molecule has 0 amide bonds. The summed E-state index contributed by atoms with van der Waals surface area (Å²) >= 11 is 0. The average molecular weight is 282 g/mol. The van der Waals surface area contributed by atoms with Crippen molar-refractivity contribution in [2.24, 2.45) is 0 Å². The first-order chi connectivity index (χ1) is 9.96. The van der Waals surface area contributed by atoms with Crippen LogP contribution in [0.2, 0.25) is 0 Å². The van der Waals surface area contributed by atoms with Gasteiger partial charge in [-0.2, -0.15) is 0 Å². The first kappa shape index (κ1) is 15.3. The monoisotopic (exact) mass is 282 g/mol. The fourth-order valence-corrected chi connectivity index (χ4v) is 2.16. The van der Waals surface area contributed by atoms with Crippen LogP contribution in [-0.4, -0.2) is 6.29 Å². The normalized spacial score (nSPS) is 11.2. The zero-order chi connectivity index (χ0) is 15.5. The van der Waals surface area contributed by atoms with E-state index in [4.69, 9.17) is 4.74 Å². The number of carbonyl (C=O) groups excluding carboxylic acids is 1. The van der Waals surface area contributed by atoms with E-state index in [0.29, 0.717) is 11.3 Å². The van der Waals surface area contributed by atoms with Crippen LogP contribution in [0.25, 0.3) is 0 Å². The van der Waals surface area contributed by atoms with Crippen molar-refractivity contribution in [1.82, 2.24) is 0 Å². The molecule has 0 aliphatic heterocycles. The molecule has 0 atom stereocenters. The molecular formula is C19H22O2. The van der Waals surface area contributed by atoms with E-state index in [1.165, 1.54) is 5.56 Å². The van der Waals surface area contributed by atoms with Crippen molar-refractivity contribution in [3.63, 3.8) is 0 Å². The molecule has 2 rings (SSSR count). The van der Waals surface area contributed by atoms with Crippen molar-refractivity contribution >= 4 is 6.29 Å². The van der Waals surface area contributed by atoms with Crippen LogP contribution in [0, 0.1) is 6.92 Å². The molecule has 21 heavy (non-hydrogen) atoms. The molecule has 0 N–H and O–H groups in total. The van der Waals surface area contributed by atoms with Gasteiger partial charge < -0.3 is 4.74 Å². The number of hydrogen-bond acceptors (Lipinski definition) is 2. The van der Waals surface area contributed by atoms with Crippen molar-refractivity contribution in [2.45, 2.75) is 39.5 Å². The molecule has 2 nitrogen and oxygen atoms in total. The maximum Gasteiger partial charge on any atom is 0.153 e. The summed E-state index contributed by atoms with van der Waals surface area (Å²) in [5.74, 6) is 1.34. The second kappa shape index (κ2) is 6.13. The molecule has 2 aromatic rings. The van der Waals surface area contributed by atoms with Crippen LogP contribution in [0.1, 0.15) is 48.7 Å². The third kappa shape index (κ3) is 3.52. The molecule has 2 heteroatoms. The third-order valence-corrected chi connectivity index (χ3v) is 4.04. The molecule has 0 fully saturated rings. The van der Waals surface area contributed by atoms with Crippen LogP contribution in [0.3, 0.4) is 0 Å². The lowest BCUT2D eigenvalue weighted by atomic mass is 9.82. The van der Waals surface area contributed by atoms with Crippen LogP contribution >= 0.6 is 0 Å². The predicted molar refractivity (Wildman–Crippen MR) is 86.4 cm³/mol. The van der Waals surface area contributed by atoms with Crippen LogP contribution in [0.4, 0.5) is 0 Å². The topological polar surface area (TPSA) is 26.3 Å². The van der Waals surface area contributed by atoms with E-state index >= 15 is 0 Å². The van der Waals surface area contributed by atoms with Gasteiger partial charge in [-0.1, -0.05) is 44.5 Å². The van der Waals surface area contributed by atoms with Gasteiger partial charge in [0, 0.05) is 0 Å². The zero-order valence-corrected chi connectivity index (χ0v) is 13.1. The minimum Gasteiger partial charge on any atom is -0.457 e. The summed E-state index contributed by atoms with van der Waals surface area (Å²) in [7, 11) is 0. The first-order valence-corrected chi connectivity index (χ1v) is 7.30. The van der Waals surface area contributed by atoms with Gasteiger partial charge in [0.2, 0.25) is 0 Å². The molecule has 110 valence electrons. The van der Waals surface area contributed by atoms with Crippen LogP contribution < -0.4 is 4.74 Å². The summed E-state index contributed by atoms with van der Waals surface area (Å²) in [5.41, 5.74) is 3.07. The Kier molecular flexibility index (Phi) is 4.46. The van der Waals surface area contributed by atoms with E-state index in [-0.39, 0.29) is 5.41 Å². The Bertz CT molecular complexity index is 625. The van der Waals surface area contributed by atoms with E-state index in [1.54, 1.807) is 0 Å². The molecule has 0 heterocycles. The van der Waals surface area contributed by atoms with Gasteiger partial charge in [0.25, 0.3) is 0 Å². The van der Waals surface area contributed by atoms with Gasteiger partial charge in [-0.05, 0) is 48.6 Å². The largest absolute Gasteiger partial charge is 0.457 e. The number of hydrogen-bond donors (Lipinski definition) is 0. The number of carbonyl (C=O) groups is 1. The van der Waals surface area contributed by atoms with Crippen LogP contribution in [0.15, 0.2) is 42.5 Å². The van der Waals surface area contributed by atoms with E-state index in [2.05, 4.69) is 32.9 Å². The number of benzene rings is 2. The molecule has 0 aliphatic carbocycles. The fourth-order valence-electron chi connectivity index (χ4n) is 2.16. The Balaban J connectivity index is 2.23. The first-order valence-electron chi connectivity index (χ1n) is 7.30. The van der Waals surface area contributed by atoms with Gasteiger partial charge in [0.15, 0.2) is 6.29 Å². The van der Waals surface area contributed by atoms with Crippen molar-refractivity contribution in [3.05, 3.63) is 59.2 Å². The standard InChI is InChI=1S/C19H22O2/c1-5-19(3,4)16-7-9-17(10-8-16)21-18-11-6-14(2)12-15(18)13-20/h6-13H,5H2,1-4H3. The van der Waals surface area contributed by atoms with Gasteiger partial charge in [0.05, 0.1) is 5.56 Å². The highest BCUT2D eigenvalue weighted by Gasteiger charge is 2.17. The Morgan fingerprint density at radius 1 is 1.10 bits per heavy atom. The van der Waals surface area contributed by atoms with E-state index in [1.807, 2.05) is 37.3 Å². The van der Waals surface area contributed by atoms with Gasteiger partial charge >= 0.3 is 0 Å². The quantitative estimate of drug-likeness (QED) is 0.697. The molecule has 0 saturated heterocycles. The Morgan fingerprint density at radius 2 is 1.76 bits per heavy atom. The molecule has 0 bridgehead atoms. The Morgan fingerprint density at radius 3 is 2.33 bits per heavy atom. The predicted octanol–water partition coefficient (Wildman–Crippen LogP) is 5.29. The third-order valence-electron chi connectivity index (χ3n) is 4.04. The molecule has 0 unspecified atom stereocenters. The second-order valence-electron chi connectivity index (χ2n) is 6.02. The van der Waals surface area contributed by atoms with E-state index < -0.39 is 0 Å². The van der Waals surface area contributed by atoms with Gasteiger partial charge in [0.1, 0.15) is 11.5 Å². The summed E-state index contributed by atoms with van der Waals surface area (Å²) in [6.45, 7) is 8.60. The Hall–Kier alpha value is -2.09. The summed E-state index contributed by atoms with van der Waals surface area (Å²) < 4.78 is 5.83. The van der Waals surface area contributed by atoms with Crippen molar-refractivity contribution < 1.29 is 9.53 Å². The lowest BCUT2D eigenvalue weighted by Crippen LogP contribution is -2.14. The number of ether oxygens (including phenoxy) is 1. The zero-order valence-electron chi connectivity index (χ0n) is 13.1. The van der Waals surface area contributed by atoms with Gasteiger partial charge in [-0.15, -0.1) is 0 Å². The Labute approximate surface area is 126 Å². The number of aryl methyl sites for hydroxylation is 1. The molecule has 0 aliphatic rings. The SMILES string of the molecule is CCC(C)(C)c1ccc(Oc2ccc(C)cc2C=O)cc1. The highest BCUT2D eigenvalue weighted by Crippen LogP contribution is 2.30. The van der Waals surface area contributed by atoms with Gasteiger partial charge in [-0.3, -0.25) is 4.79 Å². The fraction of sp³-hybridized carbons (Fsp3) is 0.316. The lowest BCUT2D eigenvalue weighted by molar-refractivity contribution is 0.112. The molecule has 0 radical (unpaired) electrons. The minimum absolute atomic E-state index is 0.163. The highest BCUT2D eigenvalue weighted by atomic mass is 16.5. The minimum atomic E-state index is 0.163. The molecule has 0 spiro atoms. The molecule has 0 aromatic heterocycles. The van der Waals surface area contributed by atoms with E-state index in [9.17, 15) is 4.79 Å².